The fourth-order valence-corrected chi connectivity index (χ4v) is 10.8. The molecular formula is C46H47NO. The van der Waals surface area contributed by atoms with E-state index < -0.39 is 5.60 Å². The van der Waals surface area contributed by atoms with Crippen LogP contribution in [0.3, 0.4) is 0 Å². The summed E-state index contributed by atoms with van der Waals surface area (Å²) in [5, 5.41) is 2.50. The van der Waals surface area contributed by atoms with Gasteiger partial charge < -0.3 is 9.64 Å². The predicted octanol–water partition coefficient (Wildman–Crippen LogP) is 11.7. The molecule has 48 heavy (non-hydrogen) atoms. The van der Waals surface area contributed by atoms with Crippen LogP contribution in [0.1, 0.15) is 94.0 Å². The second-order valence-corrected chi connectivity index (χ2v) is 16.7. The molecule has 4 aliphatic rings. The van der Waals surface area contributed by atoms with Crippen LogP contribution in [0.4, 0.5) is 5.69 Å². The maximum atomic E-state index is 7.65. The van der Waals surface area contributed by atoms with Gasteiger partial charge in [0, 0.05) is 46.3 Å². The monoisotopic (exact) mass is 629 g/mol. The zero-order valence-electron chi connectivity index (χ0n) is 29.0. The summed E-state index contributed by atoms with van der Waals surface area (Å²) in [5.74, 6) is 1.02. The molecule has 1 atom stereocenters. The number of benzene rings is 5. The standard InChI is InChI=1S/C46H47NO/c1-43(2)29-44(3,4)31-45(30-43)39-20-12-11-19-37(39)40-35-17-9-10-18-36(35)42-38(41(40)45)25-26-46(48-42,32-15-7-5-8-16-32)33-21-23-34(24-22-33)47-27-13-6-14-28-47/h5,7-12,15-26H,6,13-14,27-31H2,1-4H3. The van der Waals surface area contributed by atoms with E-state index in [1.54, 1.807) is 0 Å². The summed E-state index contributed by atoms with van der Waals surface area (Å²) < 4.78 is 7.65. The van der Waals surface area contributed by atoms with Crippen molar-refractivity contribution in [3.8, 4) is 16.9 Å². The zero-order chi connectivity index (χ0) is 32.7. The van der Waals surface area contributed by atoms with Gasteiger partial charge in [0.15, 0.2) is 5.60 Å². The minimum Gasteiger partial charge on any atom is -0.472 e. The minimum atomic E-state index is -0.741. The van der Waals surface area contributed by atoms with E-state index in [-0.39, 0.29) is 16.2 Å². The molecule has 2 aliphatic carbocycles. The maximum absolute atomic E-state index is 7.65. The first kappa shape index (κ1) is 29.8. The number of anilines is 1. The van der Waals surface area contributed by atoms with Crippen molar-refractivity contribution < 1.29 is 4.74 Å². The number of hydrogen-bond acceptors (Lipinski definition) is 2. The molecule has 0 radical (unpaired) electrons. The topological polar surface area (TPSA) is 12.5 Å². The van der Waals surface area contributed by atoms with Crippen LogP contribution in [0.25, 0.3) is 28.0 Å². The van der Waals surface area contributed by atoms with Crippen LogP contribution in [0.2, 0.25) is 0 Å². The first-order chi connectivity index (χ1) is 23.2. The Kier molecular flexibility index (Phi) is 6.58. The van der Waals surface area contributed by atoms with Crippen LogP contribution in [0.5, 0.6) is 5.75 Å². The SMILES string of the molecule is CC1(C)CC(C)(C)CC2(C1)c1ccccc1-c1c2c2c(c3ccccc13)OC(c1ccccc1)(c1ccc(N3CCCCC3)cc1)C=C2. The molecule has 242 valence electrons. The van der Waals surface area contributed by atoms with E-state index in [0.717, 1.165) is 37.2 Å². The van der Waals surface area contributed by atoms with Crippen molar-refractivity contribution in [3.05, 3.63) is 137 Å². The summed E-state index contributed by atoms with van der Waals surface area (Å²) >= 11 is 0. The van der Waals surface area contributed by atoms with Crippen molar-refractivity contribution in [2.45, 2.75) is 77.2 Å². The molecule has 1 unspecified atom stereocenters. The highest BCUT2D eigenvalue weighted by molar-refractivity contribution is 6.08. The predicted molar refractivity (Wildman–Crippen MR) is 201 cm³/mol. The normalized spacial score (nSPS) is 23.0. The molecule has 5 aromatic rings. The smallest absolute Gasteiger partial charge is 0.178 e. The van der Waals surface area contributed by atoms with Crippen LogP contribution in [-0.4, -0.2) is 13.1 Å². The molecule has 1 saturated carbocycles. The molecule has 0 amide bonds. The van der Waals surface area contributed by atoms with Gasteiger partial charge in [-0.3, -0.25) is 0 Å². The Morgan fingerprint density at radius 3 is 1.96 bits per heavy atom. The lowest BCUT2D eigenvalue weighted by molar-refractivity contribution is 0.0642. The Bertz CT molecular complexity index is 2050. The third-order valence-corrected chi connectivity index (χ3v) is 11.9. The molecule has 0 aromatic heterocycles. The minimum absolute atomic E-state index is 0.0815. The van der Waals surface area contributed by atoms with Gasteiger partial charge >= 0.3 is 0 Å². The quantitative estimate of drug-likeness (QED) is 0.197. The maximum Gasteiger partial charge on any atom is 0.178 e. The highest BCUT2D eigenvalue weighted by Gasteiger charge is 2.55. The van der Waals surface area contributed by atoms with Gasteiger partial charge in [-0.05, 0) is 95.2 Å². The van der Waals surface area contributed by atoms with E-state index in [4.69, 9.17) is 4.74 Å². The van der Waals surface area contributed by atoms with Crippen molar-refractivity contribution in [1.29, 1.82) is 0 Å². The van der Waals surface area contributed by atoms with Gasteiger partial charge in [-0.1, -0.05) is 125 Å². The van der Waals surface area contributed by atoms with E-state index in [1.165, 1.54) is 75.5 Å². The molecule has 5 aromatic carbocycles. The van der Waals surface area contributed by atoms with Gasteiger partial charge in [0.25, 0.3) is 0 Å². The molecule has 2 heteroatoms. The first-order valence-corrected chi connectivity index (χ1v) is 18.2. The summed E-state index contributed by atoms with van der Waals surface area (Å²) in [4.78, 5) is 2.54. The highest BCUT2D eigenvalue weighted by Crippen LogP contribution is 2.66. The molecular weight excluding hydrogens is 583 g/mol. The Morgan fingerprint density at radius 2 is 1.23 bits per heavy atom. The summed E-state index contributed by atoms with van der Waals surface area (Å²) in [7, 11) is 0. The summed E-state index contributed by atoms with van der Waals surface area (Å²) in [5.41, 5.74) is 10.3. The van der Waals surface area contributed by atoms with E-state index in [9.17, 15) is 0 Å². The summed E-state index contributed by atoms with van der Waals surface area (Å²) in [6.45, 7) is 12.2. The number of nitrogens with zero attached hydrogens (tertiary/aromatic N) is 1. The lowest BCUT2D eigenvalue weighted by Gasteiger charge is -2.52. The number of rotatable bonds is 3. The summed E-state index contributed by atoms with van der Waals surface area (Å²) in [6.07, 6.45) is 12.2. The lowest BCUT2D eigenvalue weighted by Crippen LogP contribution is -2.44. The first-order valence-electron chi connectivity index (χ1n) is 18.2. The molecule has 2 aliphatic heterocycles. The highest BCUT2D eigenvalue weighted by atomic mass is 16.5. The van der Waals surface area contributed by atoms with Crippen LogP contribution in [0.15, 0.2) is 109 Å². The van der Waals surface area contributed by atoms with Gasteiger partial charge in [0.2, 0.25) is 0 Å². The molecule has 1 spiro atoms. The van der Waals surface area contributed by atoms with Crippen molar-refractivity contribution in [1.82, 2.24) is 0 Å². The molecule has 0 N–H and O–H groups in total. The van der Waals surface area contributed by atoms with E-state index in [1.807, 2.05) is 0 Å². The largest absolute Gasteiger partial charge is 0.472 e. The number of ether oxygens (including phenoxy) is 1. The number of piperidine rings is 1. The van der Waals surface area contributed by atoms with Crippen molar-refractivity contribution >= 4 is 22.5 Å². The van der Waals surface area contributed by atoms with E-state index in [0.29, 0.717) is 0 Å². The Morgan fingerprint density at radius 1 is 0.604 bits per heavy atom. The second-order valence-electron chi connectivity index (χ2n) is 16.7. The Labute approximate surface area is 286 Å². The van der Waals surface area contributed by atoms with Crippen molar-refractivity contribution in [2.75, 3.05) is 18.0 Å². The fourth-order valence-electron chi connectivity index (χ4n) is 10.8. The Balaban J connectivity index is 1.29. The third-order valence-electron chi connectivity index (χ3n) is 11.9. The van der Waals surface area contributed by atoms with E-state index in [2.05, 4.69) is 148 Å². The lowest BCUT2D eigenvalue weighted by atomic mass is 9.52. The average molecular weight is 630 g/mol. The van der Waals surface area contributed by atoms with Crippen LogP contribution < -0.4 is 9.64 Å². The third kappa shape index (κ3) is 4.44. The molecule has 9 rings (SSSR count). The van der Waals surface area contributed by atoms with Gasteiger partial charge in [-0.2, -0.15) is 0 Å². The van der Waals surface area contributed by atoms with Crippen LogP contribution >= 0.6 is 0 Å². The average Bonchev–Trinajstić information content (AvgIpc) is 3.36. The molecule has 2 fully saturated rings. The second kappa shape index (κ2) is 10.6. The Hall–Kier alpha value is -4.30. The summed E-state index contributed by atoms with van der Waals surface area (Å²) in [6, 6.07) is 38.4. The zero-order valence-corrected chi connectivity index (χ0v) is 29.0. The molecule has 2 nitrogen and oxygen atoms in total. The van der Waals surface area contributed by atoms with E-state index >= 15 is 0 Å². The van der Waals surface area contributed by atoms with Gasteiger partial charge in [-0.15, -0.1) is 0 Å². The van der Waals surface area contributed by atoms with Crippen molar-refractivity contribution in [3.63, 3.8) is 0 Å². The van der Waals surface area contributed by atoms with Gasteiger partial charge in [0.05, 0.1) is 0 Å². The molecule has 0 bridgehead atoms. The van der Waals surface area contributed by atoms with Gasteiger partial charge in [0.1, 0.15) is 5.75 Å². The van der Waals surface area contributed by atoms with Crippen LogP contribution in [0, 0.1) is 10.8 Å². The number of hydrogen-bond donors (Lipinski definition) is 0. The van der Waals surface area contributed by atoms with Crippen molar-refractivity contribution in [2.24, 2.45) is 10.8 Å². The van der Waals surface area contributed by atoms with Gasteiger partial charge in [-0.25, -0.2) is 0 Å². The fraction of sp³-hybridized carbons (Fsp3) is 0.348. The molecule has 1 saturated heterocycles. The number of fused-ring (bicyclic) bond motifs is 10. The van der Waals surface area contributed by atoms with Crippen LogP contribution in [-0.2, 0) is 11.0 Å². The molecule has 2 heterocycles.